The van der Waals surface area contributed by atoms with Crippen molar-refractivity contribution in [3.8, 4) is 6.07 Å². The molecule has 114 valence electrons. The van der Waals surface area contributed by atoms with Crippen LogP contribution in [-0.2, 0) is 9.53 Å². The average molecular weight is 299 g/mol. The lowest BCUT2D eigenvalue weighted by Gasteiger charge is -2.22. The van der Waals surface area contributed by atoms with E-state index < -0.39 is 0 Å². The van der Waals surface area contributed by atoms with Crippen molar-refractivity contribution in [1.29, 1.82) is 5.26 Å². The van der Waals surface area contributed by atoms with E-state index in [1.54, 1.807) is 36.2 Å². The van der Waals surface area contributed by atoms with Crippen molar-refractivity contribution in [1.82, 2.24) is 10.2 Å². The normalized spacial score (nSPS) is 26.4. The minimum atomic E-state index is -0.333. The van der Waals surface area contributed by atoms with Crippen LogP contribution in [0.15, 0.2) is 24.3 Å². The molecule has 0 radical (unpaired) electrons. The molecule has 0 saturated carbocycles. The summed E-state index contributed by atoms with van der Waals surface area (Å²) < 4.78 is 5.67. The Bertz CT molecular complexity index is 652. The number of benzene rings is 1. The molecule has 6 heteroatoms. The van der Waals surface area contributed by atoms with E-state index in [9.17, 15) is 9.59 Å². The zero-order valence-electron chi connectivity index (χ0n) is 12.3. The second-order valence-electron chi connectivity index (χ2n) is 5.56. The number of fused-ring (bicyclic) bond motifs is 1. The predicted molar refractivity (Wildman–Crippen MR) is 77.9 cm³/mol. The standard InChI is InChI=1S/C16H17N3O3/c1-18-15(20)12-9-19(13-5-6-22-14(12)13)16(21)11-4-2-3-10(7-11)8-17/h2-4,7,12-14H,5-6,9H2,1H3,(H,18,20)/t12-,13+,14+/m0/s1. The van der Waals surface area contributed by atoms with Gasteiger partial charge in [-0.2, -0.15) is 5.26 Å². The fourth-order valence-corrected chi connectivity index (χ4v) is 3.31. The number of rotatable bonds is 2. The number of carbonyl (C=O) groups is 2. The Labute approximate surface area is 128 Å². The zero-order valence-corrected chi connectivity index (χ0v) is 12.3. The van der Waals surface area contributed by atoms with Crippen LogP contribution in [0.1, 0.15) is 22.3 Å². The summed E-state index contributed by atoms with van der Waals surface area (Å²) in [6, 6.07) is 8.60. The number of nitrogens with one attached hydrogen (secondary N) is 1. The predicted octanol–water partition coefficient (Wildman–Crippen LogP) is 0.534. The number of nitrogens with zero attached hydrogens (tertiary/aromatic N) is 2. The molecule has 2 amide bonds. The molecule has 22 heavy (non-hydrogen) atoms. The molecule has 3 rings (SSSR count). The lowest BCUT2D eigenvalue weighted by molar-refractivity contribution is -0.127. The molecule has 2 fully saturated rings. The van der Waals surface area contributed by atoms with Crippen LogP contribution >= 0.6 is 0 Å². The van der Waals surface area contributed by atoms with Crippen LogP contribution in [0, 0.1) is 17.2 Å². The van der Waals surface area contributed by atoms with E-state index in [1.165, 1.54) is 0 Å². The van der Waals surface area contributed by atoms with Gasteiger partial charge in [0.05, 0.1) is 29.7 Å². The van der Waals surface area contributed by atoms with Gasteiger partial charge in [0, 0.05) is 25.8 Å². The van der Waals surface area contributed by atoms with Gasteiger partial charge < -0.3 is 15.0 Å². The topological polar surface area (TPSA) is 82.4 Å². The van der Waals surface area contributed by atoms with E-state index in [-0.39, 0.29) is 29.9 Å². The Hall–Kier alpha value is -2.39. The maximum atomic E-state index is 12.7. The smallest absolute Gasteiger partial charge is 0.254 e. The van der Waals surface area contributed by atoms with Crippen molar-refractivity contribution in [3.05, 3.63) is 35.4 Å². The first-order valence-electron chi connectivity index (χ1n) is 7.30. The summed E-state index contributed by atoms with van der Waals surface area (Å²) in [4.78, 5) is 26.4. The van der Waals surface area contributed by atoms with Crippen molar-refractivity contribution >= 4 is 11.8 Å². The molecule has 2 aliphatic rings. The maximum Gasteiger partial charge on any atom is 0.254 e. The van der Waals surface area contributed by atoms with E-state index in [4.69, 9.17) is 10.00 Å². The Kier molecular flexibility index (Phi) is 3.82. The summed E-state index contributed by atoms with van der Waals surface area (Å²) in [5.74, 6) is -0.581. The highest BCUT2D eigenvalue weighted by atomic mass is 16.5. The van der Waals surface area contributed by atoms with Gasteiger partial charge in [-0.3, -0.25) is 9.59 Å². The molecule has 3 atom stereocenters. The van der Waals surface area contributed by atoms with Crippen molar-refractivity contribution in [2.45, 2.75) is 18.6 Å². The third-order valence-electron chi connectivity index (χ3n) is 4.38. The van der Waals surface area contributed by atoms with Crippen molar-refractivity contribution < 1.29 is 14.3 Å². The zero-order chi connectivity index (χ0) is 15.7. The average Bonchev–Trinajstić information content (AvgIpc) is 3.15. The fourth-order valence-electron chi connectivity index (χ4n) is 3.31. The minimum absolute atomic E-state index is 0.0689. The highest BCUT2D eigenvalue weighted by Gasteiger charge is 2.50. The molecule has 1 aromatic rings. The minimum Gasteiger partial charge on any atom is -0.375 e. The fraction of sp³-hybridized carbons (Fsp3) is 0.438. The van der Waals surface area contributed by atoms with Gasteiger partial charge >= 0.3 is 0 Å². The van der Waals surface area contributed by atoms with E-state index >= 15 is 0 Å². The van der Waals surface area contributed by atoms with E-state index in [1.807, 2.05) is 6.07 Å². The van der Waals surface area contributed by atoms with E-state index in [0.717, 1.165) is 6.42 Å². The molecule has 1 aromatic carbocycles. The van der Waals surface area contributed by atoms with Gasteiger partial charge in [-0.05, 0) is 24.6 Å². The molecule has 2 heterocycles. The highest BCUT2D eigenvalue weighted by Crippen LogP contribution is 2.34. The van der Waals surface area contributed by atoms with Crippen molar-refractivity contribution in [2.75, 3.05) is 20.2 Å². The third kappa shape index (κ3) is 2.34. The molecule has 0 aromatic heterocycles. The van der Waals surface area contributed by atoms with Gasteiger partial charge in [-0.1, -0.05) is 6.07 Å². The highest BCUT2D eigenvalue weighted by molar-refractivity contribution is 5.95. The molecule has 0 spiro atoms. The summed E-state index contributed by atoms with van der Waals surface area (Å²) >= 11 is 0. The van der Waals surface area contributed by atoms with Gasteiger partial charge in [0.1, 0.15) is 0 Å². The Morgan fingerprint density at radius 3 is 3.00 bits per heavy atom. The summed E-state index contributed by atoms with van der Waals surface area (Å²) in [5.41, 5.74) is 0.925. The number of likely N-dealkylation sites (tertiary alicyclic amines) is 1. The van der Waals surface area contributed by atoms with Gasteiger partial charge in [0.2, 0.25) is 5.91 Å². The number of amides is 2. The largest absolute Gasteiger partial charge is 0.375 e. The van der Waals surface area contributed by atoms with Crippen molar-refractivity contribution in [3.63, 3.8) is 0 Å². The summed E-state index contributed by atoms with van der Waals surface area (Å²) in [6.07, 6.45) is 0.505. The number of nitriles is 1. The molecule has 0 bridgehead atoms. The van der Waals surface area contributed by atoms with Crippen LogP contribution < -0.4 is 5.32 Å². The molecule has 0 aliphatic carbocycles. The first-order chi connectivity index (χ1) is 10.7. The van der Waals surface area contributed by atoms with E-state index in [2.05, 4.69) is 5.32 Å². The summed E-state index contributed by atoms with van der Waals surface area (Å²) in [5, 5.41) is 11.6. The van der Waals surface area contributed by atoms with Crippen molar-refractivity contribution in [2.24, 2.45) is 5.92 Å². The SMILES string of the molecule is CNC(=O)[C@H]1CN(C(=O)c2cccc(C#N)c2)[C@@H]2CCO[C@H]12. The maximum absolute atomic E-state index is 12.7. The summed E-state index contributed by atoms with van der Waals surface area (Å²) in [6.45, 7) is 0.912. The molecule has 0 unspecified atom stereocenters. The first-order valence-corrected chi connectivity index (χ1v) is 7.30. The Balaban J connectivity index is 1.86. The lowest BCUT2D eigenvalue weighted by Crippen LogP contribution is -2.37. The van der Waals surface area contributed by atoms with Crippen LogP contribution in [0.4, 0.5) is 0 Å². The second kappa shape index (κ2) is 5.78. The van der Waals surface area contributed by atoms with Crippen LogP contribution in [-0.4, -0.2) is 49.1 Å². The second-order valence-corrected chi connectivity index (χ2v) is 5.56. The molecule has 1 N–H and O–H groups in total. The van der Waals surface area contributed by atoms with Crippen LogP contribution in [0.2, 0.25) is 0 Å². The monoisotopic (exact) mass is 299 g/mol. The number of hydrogen-bond donors (Lipinski definition) is 1. The van der Waals surface area contributed by atoms with Crippen LogP contribution in [0.3, 0.4) is 0 Å². The first kappa shape index (κ1) is 14.5. The van der Waals surface area contributed by atoms with Gasteiger partial charge in [-0.15, -0.1) is 0 Å². The molecular formula is C16H17N3O3. The number of carbonyl (C=O) groups excluding carboxylic acids is 2. The Morgan fingerprint density at radius 2 is 2.27 bits per heavy atom. The third-order valence-corrected chi connectivity index (χ3v) is 4.38. The Morgan fingerprint density at radius 1 is 1.45 bits per heavy atom. The van der Waals surface area contributed by atoms with Crippen LogP contribution in [0.5, 0.6) is 0 Å². The van der Waals surface area contributed by atoms with Gasteiger partial charge in [0.15, 0.2) is 0 Å². The lowest BCUT2D eigenvalue weighted by atomic mass is 10.0. The molecule has 6 nitrogen and oxygen atoms in total. The summed E-state index contributed by atoms with van der Waals surface area (Å²) in [7, 11) is 1.59. The number of hydrogen-bond acceptors (Lipinski definition) is 4. The molecule has 2 aliphatic heterocycles. The number of ether oxygens (including phenoxy) is 1. The van der Waals surface area contributed by atoms with Gasteiger partial charge in [0.25, 0.3) is 5.91 Å². The quantitative estimate of drug-likeness (QED) is 0.864. The molecular weight excluding hydrogens is 282 g/mol. The van der Waals surface area contributed by atoms with Gasteiger partial charge in [-0.25, -0.2) is 0 Å². The van der Waals surface area contributed by atoms with E-state index in [0.29, 0.717) is 24.3 Å². The van der Waals surface area contributed by atoms with Crippen LogP contribution in [0.25, 0.3) is 0 Å². The molecule has 2 saturated heterocycles.